The van der Waals surface area contributed by atoms with Crippen molar-refractivity contribution in [2.45, 2.75) is 19.5 Å². The third-order valence-corrected chi connectivity index (χ3v) is 4.59. The van der Waals surface area contributed by atoms with Crippen molar-refractivity contribution in [1.29, 1.82) is 5.26 Å². The Morgan fingerprint density at radius 3 is 2.76 bits per heavy atom. The van der Waals surface area contributed by atoms with Crippen molar-refractivity contribution in [1.82, 2.24) is 19.7 Å². The lowest BCUT2D eigenvalue weighted by molar-refractivity contribution is -0.132. The molecular weight excluding hydrogens is 334 g/mol. The second-order valence-corrected chi connectivity index (χ2v) is 6.54. The van der Waals surface area contributed by atoms with Crippen LogP contribution in [0, 0.1) is 11.3 Å². The van der Waals surface area contributed by atoms with E-state index >= 15 is 0 Å². The number of aromatic nitrogens is 3. The van der Waals surface area contributed by atoms with Gasteiger partial charge in [-0.1, -0.05) is 36.4 Å². The number of amides is 1. The van der Waals surface area contributed by atoms with Gasteiger partial charge in [-0.05, 0) is 23.4 Å². The highest BCUT2D eigenvalue weighted by atomic mass is 32.1. The van der Waals surface area contributed by atoms with E-state index in [0.29, 0.717) is 13.1 Å². The average molecular weight is 351 g/mol. The van der Waals surface area contributed by atoms with E-state index in [0.717, 1.165) is 11.3 Å². The van der Waals surface area contributed by atoms with Gasteiger partial charge in [0.1, 0.15) is 18.9 Å². The monoisotopic (exact) mass is 351 g/mol. The molecule has 0 spiro atoms. The molecule has 0 saturated heterocycles. The topological polar surface area (TPSA) is 74.8 Å². The number of rotatable bonds is 7. The molecule has 0 aliphatic heterocycles. The van der Waals surface area contributed by atoms with E-state index in [4.69, 9.17) is 5.26 Å². The van der Waals surface area contributed by atoms with Crippen molar-refractivity contribution in [2.24, 2.45) is 0 Å². The Hall–Kier alpha value is -2.98. The molecule has 2 heterocycles. The van der Waals surface area contributed by atoms with E-state index < -0.39 is 0 Å². The summed E-state index contributed by atoms with van der Waals surface area (Å²) in [6, 6.07) is 16.0. The Bertz CT molecular complexity index is 851. The van der Waals surface area contributed by atoms with Crippen LogP contribution in [-0.4, -0.2) is 32.1 Å². The molecule has 0 unspecified atom stereocenters. The number of hydrogen-bond donors (Lipinski definition) is 0. The van der Waals surface area contributed by atoms with E-state index in [2.05, 4.69) is 22.2 Å². The van der Waals surface area contributed by atoms with Crippen molar-refractivity contribution >= 4 is 17.2 Å². The SMILES string of the molecule is N#Cc1ncn(CC(=O)N(CCc2ccccc2)Cc2cccs2)n1. The molecule has 126 valence electrons. The molecule has 1 amide bonds. The molecule has 0 N–H and O–H groups in total. The fraction of sp³-hybridized carbons (Fsp3) is 0.222. The van der Waals surface area contributed by atoms with Gasteiger partial charge in [0.15, 0.2) is 0 Å². The third-order valence-electron chi connectivity index (χ3n) is 3.73. The molecule has 7 heteroatoms. The fourth-order valence-electron chi connectivity index (χ4n) is 2.45. The van der Waals surface area contributed by atoms with Gasteiger partial charge in [0, 0.05) is 11.4 Å². The Morgan fingerprint density at radius 1 is 1.24 bits per heavy atom. The standard InChI is InChI=1S/C18H17N5OS/c19-11-17-20-14-23(21-17)13-18(24)22(12-16-7-4-10-25-16)9-8-15-5-2-1-3-6-15/h1-7,10,14H,8-9,12-13H2. The Balaban J connectivity index is 1.68. The van der Waals surface area contributed by atoms with Gasteiger partial charge in [-0.2, -0.15) is 5.26 Å². The first-order chi connectivity index (χ1) is 12.2. The van der Waals surface area contributed by atoms with Gasteiger partial charge in [0.25, 0.3) is 5.82 Å². The summed E-state index contributed by atoms with van der Waals surface area (Å²) in [6.45, 7) is 1.28. The van der Waals surface area contributed by atoms with Crippen LogP contribution in [0.15, 0.2) is 54.2 Å². The van der Waals surface area contributed by atoms with Crippen LogP contribution in [0.2, 0.25) is 0 Å². The van der Waals surface area contributed by atoms with Gasteiger partial charge in [-0.25, -0.2) is 9.67 Å². The third kappa shape index (κ3) is 4.75. The maximum Gasteiger partial charge on any atom is 0.252 e. The summed E-state index contributed by atoms with van der Waals surface area (Å²) in [6.07, 6.45) is 2.20. The van der Waals surface area contributed by atoms with E-state index in [-0.39, 0.29) is 18.3 Å². The predicted octanol–water partition coefficient (Wildman–Crippen LogP) is 2.48. The number of carbonyl (C=O) groups is 1. The molecule has 3 aromatic rings. The number of hydrogen-bond acceptors (Lipinski definition) is 5. The lowest BCUT2D eigenvalue weighted by Gasteiger charge is -2.22. The summed E-state index contributed by atoms with van der Waals surface area (Å²) in [5.41, 5.74) is 1.19. The van der Waals surface area contributed by atoms with Crippen LogP contribution in [0.25, 0.3) is 0 Å². The van der Waals surface area contributed by atoms with Crippen molar-refractivity contribution in [3.05, 3.63) is 70.4 Å². The summed E-state index contributed by atoms with van der Waals surface area (Å²) in [5, 5.41) is 14.8. The first kappa shape index (κ1) is 16.9. The minimum Gasteiger partial charge on any atom is -0.336 e. The number of benzene rings is 1. The molecule has 6 nitrogen and oxygen atoms in total. The Labute approximate surface area is 150 Å². The number of nitrogens with zero attached hydrogens (tertiary/aromatic N) is 5. The zero-order valence-electron chi connectivity index (χ0n) is 13.6. The molecule has 1 aromatic carbocycles. The molecule has 2 aromatic heterocycles. The van der Waals surface area contributed by atoms with Crippen molar-refractivity contribution in [3.63, 3.8) is 0 Å². The quantitative estimate of drug-likeness (QED) is 0.655. The molecule has 0 bridgehead atoms. The molecule has 0 saturated carbocycles. The predicted molar refractivity (Wildman–Crippen MR) is 94.6 cm³/mol. The van der Waals surface area contributed by atoms with E-state index in [1.807, 2.05) is 46.7 Å². The summed E-state index contributed by atoms with van der Waals surface area (Å²) in [4.78, 5) is 19.5. The lowest BCUT2D eigenvalue weighted by atomic mass is 10.1. The molecule has 0 aliphatic carbocycles. The lowest BCUT2D eigenvalue weighted by Crippen LogP contribution is -2.35. The summed E-state index contributed by atoms with van der Waals surface area (Å²) in [5.74, 6) is 0.0283. The van der Waals surface area contributed by atoms with E-state index in [9.17, 15) is 4.79 Å². The van der Waals surface area contributed by atoms with Crippen LogP contribution >= 0.6 is 11.3 Å². The molecule has 0 atom stereocenters. The highest BCUT2D eigenvalue weighted by Crippen LogP contribution is 2.13. The van der Waals surface area contributed by atoms with Crippen LogP contribution in [0.4, 0.5) is 0 Å². The summed E-state index contributed by atoms with van der Waals surface area (Å²) < 4.78 is 1.41. The zero-order valence-corrected chi connectivity index (χ0v) is 14.4. The highest BCUT2D eigenvalue weighted by molar-refractivity contribution is 7.09. The minimum absolute atomic E-state index is 0.0429. The van der Waals surface area contributed by atoms with Gasteiger partial charge >= 0.3 is 0 Å². The fourth-order valence-corrected chi connectivity index (χ4v) is 3.17. The van der Waals surface area contributed by atoms with Crippen LogP contribution in [0.1, 0.15) is 16.3 Å². The molecule has 0 radical (unpaired) electrons. The van der Waals surface area contributed by atoms with Crippen LogP contribution in [-0.2, 0) is 24.3 Å². The molecular formula is C18H17N5OS. The van der Waals surface area contributed by atoms with E-state index in [1.165, 1.54) is 16.6 Å². The Morgan fingerprint density at radius 2 is 2.08 bits per heavy atom. The summed E-state index contributed by atoms with van der Waals surface area (Å²) in [7, 11) is 0. The van der Waals surface area contributed by atoms with Crippen molar-refractivity contribution in [3.8, 4) is 6.07 Å². The van der Waals surface area contributed by atoms with Gasteiger partial charge in [-0.15, -0.1) is 16.4 Å². The largest absolute Gasteiger partial charge is 0.336 e. The Kier molecular flexibility index (Phi) is 5.54. The second kappa shape index (κ2) is 8.22. The average Bonchev–Trinajstić information content (AvgIpc) is 3.31. The van der Waals surface area contributed by atoms with Crippen LogP contribution in [0.3, 0.4) is 0 Å². The second-order valence-electron chi connectivity index (χ2n) is 5.51. The minimum atomic E-state index is -0.0429. The molecule has 25 heavy (non-hydrogen) atoms. The van der Waals surface area contributed by atoms with Crippen molar-refractivity contribution < 1.29 is 4.79 Å². The highest BCUT2D eigenvalue weighted by Gasteiger charge is 2.16. The summed E-state index contributed by atoms with van der Waals surface area (Å²) >= 11 is 1.63. The number of nitriles is 1. The zero-order chi connectivity index (χ0) is 17.5. The normalized spacial score (nSPS) is 10.4. The van der Waals surface area contributed by atoms with Crippen molar-refractivity contribution in [2.75, 3.05) is 6.54 Å². The van der Waals surface area contributed by atoms with Crippen LogP contribution in [0.5, 0.6) is 0 Å². The first-order valence-electron chi connectivity index (χ1n) is 7.88. The molecule has 0 fully saturated rings. The smallest absolute Gasteiger partial charge is 0.252 e. The maximum absolute atomic E-state index is 12.7. The molecule has 3 rings (SSSR count). The first-order valence-corrected chi connectivity index (χ1v) is 8.76. The van der Waals surface area contributed by atoms with E-state index in [1.54, 1.807) is 11.3 Å². The number of thiophene rings is 1. The van der Waals surface area contributed by atoms with Crippen LogP contribution < -0.4 is 0 Å². The van der Waals surface area contributed by atoms with Gasteiger partial charge < -0.3 is 4.90 Å². The van der Waals surface area contributed by atoms with Gasteiger partial charge in [0.05, 0.1) is 6.54 Å². The van der Waals surface area contributed by atoms with Gasteiger partial charge in [0.2, 0.25) is 5.91 Å². The maximum atomic E-state index is 12.7. The molecule has 0 aliphatic rings. The van der Waals surface area contributed by atoms with Gasteiger partial charge in [-0.3, -0.25) is 4.79 Å². The number of carbonyl (C=O) groups excluding carboxylic acids is 1.